The van der Waals surface area contributed by atoms with Gasteiger partial charge in [0, 0.05) is 11.9 Å². The summed E-state index contributed by atoms with van der Waals surface area (Å²) in [5.74, 6) is -1.26. The fraction of sp³-hybridized carbons (Fsp3) is 0.167. The van der Waals surface area contributed by atoms with Gasteiger partial charge in [0.05, 0.1) is 32.3 Å². The van der Waals surface area contributed by atoms with Crippen LogP contribution in [-0.2, 0) is 20.3 Å². The van der Waals surface area contributed by atoms with Crippen molar-refractivity contribution in [2.75, 3.05) is 11.6 Å². The Hall–Kier alpha value is -3.20. The van der Waals surface area contributed by atoms with Crippen molar-refractivity contribution in [3.63, 3.8) is 0 Å². The van der Waals surface area contributed by atoms with Gasteiger partial charge >= 0.3 is 11.7 Å². The maximum absolute atomic E-state index is 12.3. The van der Waals surface area contributed by atoms with Gasteiger partial charge in [-0.3, -0.25) is 9.00 Å². The van der Waals surface area contributed by atoms with Gasteiger partial charge in [-0.05, 0) is 37.3 Å². The number of hydrogen-bond acceptors (Lipinski definition) is 5. The maximum Gasteiger partial charge on any atom is 0.340 e. The number of ether oxygens (including phenoxy) is 1. The number of nitrogens with one attached hydrogen (secondary N) is 3. The van der Waals surface area contributed by atoms with Gasteiger partial charge in [0.1, 0.15) is 0 Å². The standard InChI is InChI=1S/C18H17N3O5S/c1-10(26-17(23)12-5-3-4-6-15(12)27(2)25)16(22)19-11-7-8-13-14(9-11)21-18(24)20-13/h3-10H,1-2H3,(H,19,22)(H2,20,21,24)/t10-,27+/m1/s1. The SMILES string of the molecule is C[C@@H](OC(=O)c1ccccc1[S@](C)=O)C(=O)Nc1ccc2[nH]c(=O)[nH]c2c1. The highest BCUT2D eigenvalue weighted by Crippen LogP contribution is 2.17. The first-order chi connectivity index (χ1) is 12.8. The molecule has 1 heterocycles. The molecule has 27 heavy (non-hydrogen) atoms. The summed E-state index contributed by atoms with van der Waals surface area (Å²) in [6.07, 6.45) is 0.390. The normalized spacial score (nSPS) is 13.1. The Bertz CT molecular complexity index is 1100. The second-order valence-corrected chi connectivity index (χ2v) is 7.17. The molecule has 0 spiro atoms. The molecule has 1 amide bonds. The van der Waals surface area contributed by atoms with Gasteiger partial charge in [-0.25, -0.2) is 9.59 Å². The lowest BCUT2D eigenvalue weighted by Crippen LogP contribution is -2.30. The van der Waals surface area contributed by atoms with Gasteiger partial charge in [-0.1, -0.05) is 12.1 Å². The average Bonchev–Trinajstić information content (AvgIpc) is 3.00. The first-order valence-electron chi connectivity index (χ1n) is 8.01. The number of H-pyrrole nitrogens is 2. The molecule has 0 aliphatic heterocycles. The van der Waals surface area contributed by atoms with Gasteiger partial charge < -0.3 is 20.0 Å². The van der Waals surface area contributed by atoms with E-state index in [-0.39, 0.29) is 11.3 Å². The summed E-state index contributed by atoms with van der Waals surface area (Å²) in [5.41, 5.74) is 1.41. The van der Waals surface area contributed by atoms with Crippen LogP contribution in [0.4, 0.5) is 5.69 Å². The van der Waals surface area contributed by atoms with Crippen LogP contribution in [0.1, 0.15) is 17.3 Å². The number of anilines is 1. The van der Waals surface area contributed by atoms with Crippen molar-refractivity contribution in [2.45, 2.75) is 17.9 Å². The van der Waals surface area contributed by atoms with E-state index in [4.69, 9.17) is 4.74 Å². The largest absolute Gasteiger partial charge is 0.449 e. The summed E-state index contributed by atoms with van der Waals surface area (Å²) >= 11 is 0. The molecular formula is C18H17N3O5S. The first kappa shape index (κ1) is 18.6. The van der Waals surface area contributed by atoms with E-state index in [9.17, 15) is 18.6 Å². The quantitative estimate of drug-likeness (QED) is 0.576. The van der Waals surface area contributed by atoms with Crippen molar-refractivity contribution >= 4 is 39.4 Å². The van der Waals surface area contributed by atoms with E-state index in [0.717, 1.165) is 0 Å². The third-order valence-corrected chi connectivity index (χ3v) is 4.83. The minimum absolute atomic E-state index is 0.157. The number of imidazole rings is 1. The molecular weight excluding hydrogens is 370 g/mol. The molecule has 3 N–H and O–H groups in total. The maximum atomic E-state index is 12.3. The number of hydrogen-bond donors (Lipinski definition) is 3. The molecule has 0 saturated heterocycles. The van der Waals surface area contributed by atoms with E-state index < -0.39 is 28.8 Å². The fourth-order valence-corrected chi connectivity index (χ4v) is 3.25. The zero-order chi connectivity index (χ0) is 19.6. The second-order valence-electron chi connectivity index (χ2n) is 5.83. The highest BCUT2D eigenvalue weighted by molar-refractivity contribution is 7.84. The molecule has 0 bridgehead atoms. The molecule has 1 aromatic heterocycles. The highest BCUT2D eigenvalue weighted by atomic mass is 32.2. The fourth-order valence-electron chi connectivity index (χ4n) is 2.52. The van der Waals surface area contributed by atoms with Crippen LogP contribution in [0.5, 0.6) is 0 Å². The molecule has 2 atom stereocenters. The number of aromatic amines is 2. The number of rotatable bonds is 5. The average molecular weight is 387 g/mol. The third kappa shape index (κ3) is 4.14. The molecule has 3 rings (SSSR count). The Kier molecular flexibility index (Phi) is 5.22. The molecule has 9 heteroatoms. The predicted molar refractivity (Wildman–Crippen MR) is 101 cm³/mol. The molecule has 0 fully saturated rings. The van der Waals surface area contributed by atoms with Gasteiger partial charge in [0.25, 0.3) is 5.91 Å². The second kappa shape index (κ2) is 7.58. The molecule has 0 aliphatic rings. The van der Waals surface area contributed by atoms with Crippen molar-refractivity contribution in [3.8, 4) is 0 Å². The summed E-state index contributed by atoms with van der Waals surface area (Å²) in [7, 11) is -1.36. The van der Waals surface area contributed by atoms with Crippen molar-refractivity contribution in [1.29, 1.82) is 0 Å². The number of fused-ring (bicyclic) bond motifs is 1. The van der Waals surface area contributed by atoms with Crippen molar-refractivity contribution in [3.05, 3.63) is 58.5 Å². The summed E-state index contributed by atoms with van der Waals surface area (Å²) in [5, 5.41) is 2.63. The molecule has 0 saturated carbocycles. The first-order valence-corrected chi connectivity index (χ1v) is 9.57. The third-order valence-electron chi connectivity index (χ3n) is 3.85. The summed E-state index contributed by atoms with van der Waals surface area (Å²) < 4.78 is 16.9. The Morgan fingerprint density at radius 2 is 1.81 bits per heavy atom. The van der Waals surface area contributed by atoms with Gasteiger partial charge in [0.2, 0.25) is 0 Å². The zero-order valence-electron chi connectivity index (χ0n) is 14.6. The van der Waals surface area contributed by atoms with Crippen molar-refractivity contribution in [2.24, 2.45) is 0 Å². The lowest BCUT2D eigenvalue weighted by molar-refractivity contribution is -0.123. The molecule has 8 nitrogen and oxygen atoms in total. The van der Waals surface area contributed by atoms with Gasteiger partial charge in [0.15, 0.2) is 6.10 Å². The molecule has 0 radical (unpaired) electrons. The molecule has 2 aromatic carbocycles. The van der Waals surface area contributed by atoms with E-state index in [2.05, 4.69) is 15.3 Å². The van der Waals surface area contributed by atoms with Crippen LogP contribution in [0, 0.1) is 0 Å². The Balaban J connectivity index is 1.70. The minimum Gasteiger partial charge on any atom is -0.449 e. The predicted octanol–water partition coefficient (Wildman–Crippen LogP) is 1.78. The Labute approximate surface area is 156 Å². The lowest BCUT2D eigenvalue weighted by Gasteiger charge is -2.14. The van der Waals surface area contributed by atoms with Crippen LogP contribution in [0.25, 0.3) is 11.0 Å². The zero-order valence-corrected chi connectivity index (χ0v) is 15.4. The molecule has 0 unspecified atom stereocenters. The summed E-state index contributed by atoms with van der Waals surface area (Å²) in [6.45, 7) is 1.44. The number of aromatic nitrogens is 2. The van der Waals surface area contributed by atoms with E-state index in [1.54, 1.807) is 36.4 Å². The van der Waals surface area contributed by atoms with Crippen molar-refractivity contribution < 1.29 is 18.5 Å². The van der Waals surface area contributed by atoms with Crippen LogP contribution in [0.3, 0.4) is 0 Å². The number of benzene rings is 2. The number of carbonyl (C=O) groups excluding carboxylic acids is 2. The number of amides is 1. The van der Waals surface area contributed by atoms with Crippen molar-refractivity contribution in [1.82, 2.24) is 9.97 Å². The Morgan fingerprint density at radius 3 is 2.56 bits per heavy atom. The van der Waals surface area contributed by atoms with Crippen LogP contribution < -0.4 is 11.0 Å². The van der Waals surface area contributed by atoms with Crippen LogP contribution in [0.2, 0.25) is 0 Å². The monoisotopic (exact) mass is 387 g/mol. The minimum atomic E-state index is -1.36. The number of carbonyl (C=O) groups is 2. The Morgan fingerprint density at radius 1 is 1.11 bits per heavy atom. The summed E-state index contributed by atoms with van der Waals surface area (Å²) in [6, 6.07) is 11.2. The smallest absolute Gasteiger partial charge is 0.340 e. The van der Waals surface area contributed by atoms with E-state index in [1.807, 2.05) is 0 Å². The van der Waals surface area contributed by atoms with E-state index >= 15 is 0 Å². The summed E-state index contributed by atoms with van der Waals surface area (Å²) in [4.78, 5) is 41.5. The molecule has 0 aliphatic carbocycles. The van der Waals surface area contributed by atoms with E-state index in [0.29, 0.717) is 21.6 Å². The van der Waals surface area contributed by atoms with Gasteiger partial charge in [-0.2, -0.15) is 0 Å². The lowest BCUT2D eigenvalue weighted by atomic mass is 10.2. The molecule has 3 aromatic rings. The highest BCUT2D eigenvalue weighted by Gasteiger charge is 2.21. The van der Waals surface area contributed by atoms with Crippen LogP contribution in [0.15, 0.2) is 52.2 Å². The van der Waals surface area contributed by atoms with Gasteiger partial charge in [-0.15, -0.1) is 0 Å². The topological polar surface area (TPSA) is 121 Å². The van der Waals surface area contributed by atoms with Crippen LogP contribution >= 0.6 is 0 Å². The number of esters is 1. The van der Waals surface area contributed by atoms with Crippen LogP contribution in [-0.4, -0.2) is 38.4 Å². The molecule has 140 valence electrons. The van der Waals surface area contributed by atoms with E-state index in [1.165, 1.54) is 19.2 Å².